The Labute approximate surface area is 182 Å². The van der Waals surface area contributed by atoms with Gasteiger partial charge in [-0.05, 0) is 35.9 Å². The van der Waals surface area contributed by atoms with E-state index in [4.69, 9.17) is 5.73 Å². The van der Waals surface area contributed by atoms with Crippen molar-refractivity contribution in [2.45, 2.75) is 6.04 Å². The number of amides is 1. The highest BCUT2D eigenvalue weighted by Crippen LogP contribution is 2.43. The summed E-state index contributed by atoms with van der Waals surface area (Å²) >= 11 is 0. The molecular formula is C24H18N2O6. The fourth-order valence-corrected chi connectivity index (χ4v) is 3.69. The smallest absolute Gasteiger partial charge is 0.339 e. The number of Topliss-reactive ketones (excluding diaryl/α,β-unsaturated/α-hetero) is 1. The van der Waals surface area contributed by atoms with Crippen molar-refractivity contribution in [3.63, 3.8) is 0 Å². The zero-order valence-corrected chi connectivity index (χ0v) is 16.6. The van der Waals surface area contributed by atoms with Crippen molar-refractivity contribution in [1.82, 2.24) is 0 Å². The molecule has 1 amide bonds. The number of carboxylic acids is 1. The lowest BCUT2D eigenvalue weighted by molar-refractivity contribution is -0.132. The van der Waals surface area contributed by atoms with Gasteiger partial charge in [0.1, 0.15) is 17.1 Å². The first kappa shape index (κ1) is 20.7. The molecule has 1 saturated heterocycles. The van der Waals surface area contributed by atoms with Gasteiger partial charge in [-0.3, -0.25) is 14.5 Å². The van der Waals surface area contributed by atoms with Crippen LogP contribution in [0.2, 0.25) is 0 Å². The molecule has 0 aromatic heterocycles. The lowest BCUT2D eigenvalue weighted by Gasteiger charge is -2.26. The standard InChI is InChI=1S/C24H18N2O6/c25-15-8-6-13(7-9-15)20-19(21(28)14-4-2-1-3-5-14)22(29)23(30)26(20)16-10-11-18(27)17(12-16)24(31)32/h1-12,20,27-28H,25H2,(H,31,32)/b21-19-. The van der Waals surface area contributed by atoms with E-state index in [1.54, 1.807) is 54.6 Å². The second-order valence-electron chi connectivity index (χ2n) is 7.21. The van der Waals surface area contributed by atoms with Crippen LogP contribution in [0.1, 0.15) is 27.5 Å². The SMILES string of the molecule is Nc1ccc(C2/C(=C(/O)c3ccccc3)C(=O)C(=O)N2c2ccc(O)c(C(=O)O)c2)cc1. The van der Waals surface area contributed by atoms with E-state index < -0.39 is 35.0 Å². The van der Waals surface area contributed by atoms with E-state index in [1.807, 2.05) is 0 Å². The van der Waals surface area contributed by atoms with Crippen LogP contribution < -0.4 is 10.6 Å². The maximum atomic E-state index is 13.1. The Balaban J connectivity index is 1.96. The van der Waals surface area contributed by atoms with Crippen LogP contribution >= 0.6 is 0 Å². The number of ketones is 1. The molecule has 1 aliphatic rings. The minimum absolute atomic E-state index is 0.0798. The minimum Gasteiger partial charge on any atom is -0.507 e. The number of rotatable bonds is 4. The molecule has 0 bridgehead atoms. The third kappa shape index (κ3) is 3.43. The maximum Gasteiger partial charge on any atom is 0.339 e. The normalized spacial score (nSPS) is 17.5. The third-order valence-corrected chi connectivity index (χ3v) is 5.23. The molecule has 5 N–H and O–H groups in total. The van der Waals surface area contributed by atoms with E-state index in [9.17, 15) is 29.7 Å². The van der Waals surface area contributed by atoms with Gasteiger partial charge < -0.3 is 21.1 Å². The topological polar surface area (TPSA) is 141 Å². The molecule has 1 unspecified atom stereocenters. The van der Waals surface area contributed by atoms with Gasteiger partial charge in [0.25, 0.3) is 11.7 Å². The van der Waals surface area contributed by atoms with E-state index in [0.717, 1.165) is 17.0 Å². The van der Waals surface area contributed by atoms with Gasteiger partial charge in [0.15, 0.2) is 0 Å². The average molecular weight is 430 g/mol. The molecule has 0 radical (unpaired) electrons. The molecule has 3 aromatic carbocycles. The number of aliphatic hydroxyl groups is 1. The fourth-order valence-electron chi connectivity index (χ4n) is 3.69. The predicted octanol–water partition coefficient (Wildman–Crippen LogP) is 3.30. The number of hydrogen-bond donors (Lipinski definition) is 4. The summed E-state index contributed by atoms with van der Waals surface area (Å²) < 4.78 is 0. The summed E-state index contributed by atoms with van der Waals surface area (Å²) in [6, 6.07) is 17.3. The number of benzene rings is 3. The molecule has 1 fully saturated rings. The Morgan fingerprint density at radius 2 is 1.56 bits per heavy atom. The number of carboxylic acid groups (broad SMARTS) is 1. The average Bonchev–Trinajstić information content (AvgIpc) is 3.05. The number of nitrogens with zero attached hydrogens (tertiary/aromatic N) is 1. The van der Waals surface area contributed by atoms with Crippen LogP contribution in [0.25, 0.3) is 5.76 Å². The van der Waals surface area contributed by atoms with Gasteiger partial charge in [-0.15, -0.1) is 0 Å². The molecule has 0 aliphatic carbocycles. The summed E-state index contributed by atoms with van der Waals surface area (Å²) in [7, 11) is 0. The Kier molecular flexibility index (Phi) is 5.11. The highest BCUT2D eigenvalue weighted by atomic mass is 16.4. The number of anilines is 2. The Hall–Kier alpha value is -4.59. The quantitative estimate of drug-likeness (QED) is 0.215. The molecule has 4 rings (SSSR count). The molecule has 1 atom stereocenters. The number of aromatic hydroxyl groups is 1. The van der Waals surface area contributed by atoms with Crippen LogP contribution in [-0.4, -0.2) is 33.0 Å². The number of phenols is 1. The van der Waals surface area contributed by atoms with Crippen molar-refractivity contribution in [2.24, 2.45) is 0 Å². The molecule has 1 heterocycles. The Morgan fingerprint density at radius 3 is 2.19 bits per heavy atom. The van der Waals surface area contributed by atoms with E-state index in [1.165, 1.54) is 6.07 Å². The minimum atomic E-state index is -1.39. The number of aliphatic hydroxyl groups excluding tert-OH is 1. The largest absolute Gasteiger partial charge is 0.507 e. The number of nitrogen functional groups attached to an aromatic ring is 1. The Bertz CT molecular complexity index is 1270. The van der Waals surface area contributed by atoms with Gasteiger partial charge in [-0.25, -0.2) is 4.79 Å². The van der Waals surface area contributed by atoms with Crippen molar-refractivity contribution in [1.29, 1.82) is 0 Å². The highest BCUT2D eigenvalue weighted by molar-refractivity contribution is 6.51. The van der Waals surface area contributed by atoms with Gasteiger partial charge in [0.05, 0.1) is 11.6 Å². The predicted molar refractivity (Wildman–Crippen MR) is 117 cm³/mol. The van der Waals surface area contributed by atoms with E-state index in [0.29, 0.717) is 16.8 Å². The summed E-state index contributed by atoms with van der Waals surface area (Å²) in [6.07, 6.45) is 0. The molecule has 8 heteroatoms. The second kappa shape index (κ2) is 7.92. The maximum absolute atomic E-state index is 13.1. The van der Waals surface area contributed by atoms with Crippen LogP contribution in [0.5, 0.6) is 5.75 Å². The zero-order chi connectivity index (χ0) is 23.0. The first-order valence-corrected chi connectivity index (χ1v) is 9.57. The number of nitrogens with two attached hydrogens (primary N) is 1. The summed E-state index contributed by atoms with van der Waals surface area (Å²) in [4.78, 5) is 38.7. The lowest BCUT2D eigenvalue weighted by atomic mass is 9.95. The van der Waals surface area contributed by atoms with Gasteiger partial charge in [0.2, 0.25) is 0 Å². The monoisotopic (exact) mass is 430 g/mol. The van der Waals surface area contributed by atoms with Crippen molar-refractivity contribution < 1.29 is 29.7 Å². The molecule has 32 heavy (non-hydrogen) atoms. The number of aromatic carboxylic acids is 1. The highest BCUT2D eigenvalue weighted by Gasteiger charge is 2.47. The summed E-state index contributed by atoms with van der Waals surface area (Å²) in [6.45, 7) is 0. The molecule has 3 aromatic rings. The molecule has 0 saturated carbocycles. The van der Waals surface area contributed by atoms with E-state index in [2.05, 4.69) is 0 Å². The first-order chi connectivity index (χ1) is 15.3. The fraction of sp³-hybridized carbons (Fsp3) is 0.0417. The van der Waals surface area contributed by atoms with Gasteiger partial charge in [-0.1, -0.05) is 42.5 Å². The van der Waals surface area contributed by atoms with Crippen molar-refractivity contribution in [3.8, 4) is 5.75 Å². The van der Waals surface area contributed by atoms with Crippen LogP contribution in [0.15, 0.2) is 78.4 Å². The van der Waals surface area contributed by atoms with Crippen LogP contribution in [-0.2, 0) is 9.59 Å². The van der Waals surface area contributed by atoms with Crippen LogP contribution in [0.4, 0.5) is 11.4 Å². The third-order valence-electron chi connectivity index (χ3n) is 5.23. The summed E-state index contributed by atoms with van der Waals surface area (Å²) in [5, 5.41) is 30.2. The molecular weight excluding hydrogens is 412 g/mol. The molecule has 0 spiro atoms. The van der Waals surface area contributed by atoms with E-state index in [-0.39, 0.29) is 17.0 Å². The number of hydrogen-bond acceptors (Lipinski definition) is 6. The summed E-state index contributed by atoms with van der Waals surface area (Å²) in [5.74, 6) is -4.09. The number of carbonyl (C=O) groups is 3. The molecule has 8 nitrogen and oxygen atoms in total. The Morgan fingerprint density at radius 1 is 0.906 bits per heavy atom. The van der Waals surface area contributed by atoms with Gasteiger partial charge in [0, 0.05) is 16.9 Å². The molecule has 160 valence electrons. The van der Waals surface area contributed by atoms with Crippen LogP contribution in [0, 0.1) is 0 Å². The van der Waals surface area contributed by atoms with Crippen molar-refractivity contribution >= 4 is 34.8 Å². The second-order valence-corrected chi connectivity index (χ2v) is 7.21. The molecule has 1 aliphatic heterocycles. The summed E-state index contributed by atoms with van der Waals surface area (Å²) in [5.41, 5.74) is 6.59. The first-order valence-electron chi connectivity index (χ1n) is 9.57. The lowest BCUT2D eigenvalue weighted by Crippen LogP contribution is -2.29. The number of carbonyl (C=O) groups excluding carboxylic acids is 2. The van der Waals surface area contributed by atoms with Gasteiger partial charge >= 0.3 is 5.97 Å². The van der Waals surface area contributed by atoms with Gasteiger partial charge in [-0.2, -0.15) is 0 Å². The van der Waals surface area contributed by atoms with Crippen molar-refractivity contribution in [3.05, 3.63) is 95.1 Å². The van der Waals surface area contributed by atoms with Crippen LogP contribution in [0.3, 0.4) is 0 Å². The van der Waals surface area contributed by atoms with Crippen molar-refractivity contribution in [2.75, 3.05) is 10.6 Å². The zero-order valence-electron chi connectivity index (χ0n) is 16.6. The van der Waals surface area contributed by atoms with E-state index >= 15 is 0 Å².